The van der Waals surface area contributed by atoms with Crippen molar-refractivity contribution in [3.05, 3.63) is 35.9 Å². The van der Waals surface area contributed by atoms with Gasteiger partial charge in [-0.2, -0.15) is 0 Å². The van der Waals surface area contributed by atoms with Crippen molar-refractivity contribution in [2.45, 2.75) is 25.8 Å². The van der Waals surface area contributed by atoms with Gasteiger partial charge in [0.2, 0.25) is 15.9 Å². The Bertz CT molecular complexity index is 690. The van der Waals surface area contributed by atoms with Gasteiger partial charge in [-0.05, 0) is 25.3 Å². The number of carboxylic acids is 1. The molecule has 0 aliphatic carbocycles. The van der Waals surface area contributed by atoms with Crippen molar-refractivity contribution >= 4 is 21.9 Å². The van der Waals surface area contributed by atoms with Crippen LogP contribution in [0, 0.1) is 5.92 Å². The van der Waals surface area contributed by atoms with Crippen LogP contribution in [0.2, 0.25) is 0 Å². The van der Waals surface area contributed by atoms with Crippen LogP contribution in [0.25, 0.3) is 0 Å². The number of nitrogens with zero attached hydrogens (tertiary/aromatic N) is 1. The van der Waals surface area contributed by atoms with Crippen LogP contribution in [0.1, 0.15) is 31.4 Å². The molecule has 2 N–H and O–H groups in total. The summed E-state index contributed by atoms with van der Waals surface area (Å²) in [5, 5.41) is 11.9. The predicted molar refractivity (Wildman–Crippen MR) is 88.7 cm³/mol. The summed E-state index contributed by atoms with van der Waals surface area (Å²) < 4.78 is 25.3. The van der Waals surface area contributed by atoms with Crippen molar-refractivity contribution in [1.82, 2.24) is 9.62 Å². The molecule has 0 radical (unpaired) electrons. The highest BCUT2D eigenvalue weighted by atomic mass is 32.2. The lowest BCUT2D eigenvalue weighted by Crippen LogP contribution is -2.47. The summed E-state index contributed by atoms with van der Waals surface area (Å²) in [5.41, 5.74) is 0.479. The molecule has 1 saturated heterocycles. The molecule has 24 heavy (non-hydrogen) atoms. The molecule has 2 rings (SSSR count). The fourth-order valence-electron chi connectivity index (χ4n) is 2.78. The van der Waals surface area contributed by atoms with E-state index in [2.05, 4.69) is 5.32 Å². The number of piperidine rings is 1. The van der Waals surface area contributed by atoms with E-state index in [-0.39, 0.29) is 12.3 Å². The van der Waals surface area contributed by atoms with Gasteiger partial charge in [-0.3, -0.25) is 4.79 Å². The van der Waals surface area contributed by atoms with Crippen LogP contribution >= 0.6 is 0 Å². The average molecular weight is 354 g/mol. The molecule has 0 bridgehead atoms. The van der Waals surface area contributed by atoms with E-state index in [0.717, 1.165) is 0 Å². The molecule has 8 heteroatoms. The highest BCUT2D eigenvalue weighted by Crippen LogP contribution is 2.21. The number of rotatable bonds is 6. The van der Waals surface area contributed by atoms with Crippen molar-refractivity contribution in [3.8, 4) is 0 Å². The van der Waals surface area contributed by atoms with Crippen molar-refractivity contribution in [2.75, 3.05) is 18.8 Å². The Kier molecular flexibility index (Phi) is 5.95. The molecule has 7 nitrogen and oxygen atoms in total. The maximum absolute atomic E-state index is 12.5. The number of nitrogens with one attached hydrogen (secondary N) is 1. The van der Waals surface area contributed by atoms with Gasteiger partial charge < -0.3 is 10.4 Å². The number of hydrogen-bond acceptors (Lipinski definition) is 4. The zero-order valence-corrected chi connectivity index (χ0v) is 14.3. The van der Waals surface area contributed by atoms with Gasteiger partial charge in [-0.25, -0.2) is 17.5 Å². The molecule has 1 amide bonds. The standard InChI is InChI=1S/C16H22N2O5S/c1-2-24(22,23)18-10-6-9-13(11-18)15(19)17-14(16(20)21)12-7-4-3-5-8-12/h3-5,7-8,13-14H,2,6,9-11H2,1H3,(H,17,19)(H,20,21)/t13?,14-/m0/s1. The van der Waals surface area contributed by atoms with Gasteiger partial charge in [0.15, 0.2) is 6.04 Å². The van der Waals surface area contributed by atoms with Gasteiger partial charge in [0.05, 0.1) is 11.7 Å². The Balaban J connectivity index is 2.09. The van der Waals surface area contributed by atoms with Crippen LogP contribution in [-0.4, -0.2) is 48.5 Å². The number of hydrogen-bond donors (Lipinski definition) is 2. The van der Waals surface area contributed by atoms with E-state index in [1.807, 2.05) is 0 Å². The molecule has 0 aromatic heterocycles. The third-order valence-corrected chi connectivity index (χ3v) is 6.03. The van der Waals surface area contributed by atoms with Crippen LogP contribution in [0.4, 0.5) is 0 Å². The molecule has 1 unspecified atom stereocenters. The number of carbonyl (C=O) groups excluding carboxylic acids is 1. The molecule has 0 saturated carbocycles. The van der Waals surface area contributed by atoms with E-state index < -0.39 is 33.9 Å². The number of aliphatic carboxylic acids is 1. The van der Waals surface area contributed by atoms with Gasteiger partial charge >= 0.3 is 5.97 Å². The van der Waals surface area contributed by atoms with Gasteiger partial charge in [-0.1, -0.05) is 30.3 Å². The van der Waals surface area contributed by atoms with E-state index in [4.69, 9.17) is 0 Å². The zero-order chi connectivity index (χ0) is 17.7. The second-order valence-corrected chi connectivity index (χ2v) is 8.05. The molecular weight excluding hydrogens is 332 g/mol. The first-order valence-electron chi connectivity index (χ1n) is 7.91. The van der Waals surface area contributed by atoms with Crippen LogP contribution in [-0.2, 0) is 19.6 Å². The maximum Gasteiger partial charge on any atom is 0.330 e. The van der Waals surface area contributed by atoms with E-state index in [1.165, 1.54) is 4.31 Å². The van der Waals surface area contributed by atoms with E-state index in [1.54, 1.807) is 37.3 Å². The smallest absolute Gasteiger partial charge is 0.330 e. The Labute approximate surface area is 141 Å². The minimum absolute atomic E-state index is 0.0108. The van der Waals surface area contributed by atoms with Crippen molar-refractivity contribution in [3.63, 3.8) is 0 Å². The van der Waals surface area contributed by atoms with E-state index >= 15 is 0 Å². The molecule has 1 fully saturated rings. The van der Waals surface area contributed by atoms with Gasteiger partial charge in [0.1, 0.15) is 0 Å². The quantitative estimate of drug-likeness (QED) is 0.793. The second kappa shape index (κ2) is 7.76. The Morgan fingerprint density at radius 1 is 1.33 bits per heavy atom. The highest BCUT2D eigenvalue weighted by Gasteiger charge is 2.33. The zero-order valence-electron chi connectivity index (χ0n) is 13.5. The van der Waals surface area contributed by atoms with Gasteiger partial charge in [-0.15, -0.1) is 0 Å². The normalized spacial score (nSPS) is 20.3. The first kappa shape index (κ1) is 18.4. The highest BCUT2D eigenvalue weighted by molar-refractivity contribution is 7.89. The molecule has 2 atom stereocenters. The summed E-state index contributed by atoms with van der Waals surface area (Å²) in [5.74, 6) is -2.13. The van der Waals surface area contributed by atoms with Gasteiger partial charge in [0, 0.05) is 13.1 Å². The molecular formula is C16H22N2O5S. The topological polar surface area (TPSA) is 104 Å². The van der Waals surface area contributed by atoms with Crippen LogP contribution in [0.15, 0.2) is 30.3 Å². The number of benzene rings is 1. The van der Waals surface area contributed by atoms with Crippen LogP contribution < -0.4 is 5.32 Å². The van der Waals surface area contributed by atoms with Crippen LogP contribution in [0.3, 0.4) is 0 Å². The fraction of sp³-hybridized carbons (Fsp3) is 0.500. The van der Waals surface area contributed by atoms with Crippen molar-refractivity contribution < 1.29 is 23.1 Å². The maximum atomic E-state index is 12.5. The summed E-state index contributed by atoms with van der Waals surface area (Å²) in [6.45, 7) is 2.07. The first-order chi connectivity index (χ1) is 11.3. The largest absolute Gasteiger partial charge is 0.479 e. The summed E-state index contributed by atoms with van der Waals surface area (Å²) in [6, 6.07) is 7.29. The lowest BCUT2D eigenvalue weighted by atomic mass is 9.97. The molecule has 1 aliphatic rings. The molecule has 0 spiro atoms. The lowest BCUT2D eigenvalue weighted by molar-refractivity contribution is -0.143. The van der Waals surface area contributed by atoms with Crippen molar-refractivity contribution in [1.29, 1.82) is 0 Å². The van der Waals surface area contributed by atoms with E-state index in [9.17, 15) is 23.1 Å². The summed E-state index contributed by atoms with van der Waals surface area (Å²) >= 11 is 0. The number of carboxylic acid groups (broad SMARTS) is 1. The Hall–Kier alpha value is -1.93. The average Bonchev–Trinajstić information content (AvgIpc) is 2.60. The van der Waals surface area contributed by atoms with Crippen molar-refractivity contribution in [2.24, 2.45) is 5.92 Å². The third-order valence-electron chi connectivity index (χ3n) is 4.18. The molecule has 132 valence electrons. The molecule has 1 aromatic rings. The Morgan fingerprint density at radius 3 is 2.58 bits per heavy atom. The number of amides is 1. The summed E-state index contributed by atoms with van der Waals surface area (Å²) in [6.07, 6.45) is 1.13. The third kappa shape index (κ3) is 4.33. The minimum Gasteiger partial charge on any atom is -0.479 e. The first-order valence-corrected chi connectivity index (χ1v) is 9.52. The molecule has 1 heterocycles. The minimum atomic E-state index is -3.35. The molecule has 1 aliphatic heterocycles. The second-order valence-electron chi connectivity index (χ2n) is 5.79. The van der Waals surface area contributed by atoms with Gasteiger partial charge in [0.25, 0.3) is 0 Å². The predicted octanol–water partition coefficient (Wildman–Crippen LogP) is 0.990. The Morgan fingerprint density at radius 2 is 2.00 bits per heavy atom. The lowest BCUT2D eigenvalue weighted by Gasteiger charge is -2.31. The van der Waals surface area contributed by atoms with Crippen LogP contribution in [0.5, 0.6) is 0 Å². The monoisotopic (exact) mass is 354 g/mol. The summed E-state index contributed by atoms with van der Waals surface area (Å²) in [4.78, 5) is 23.9. The SMILES string of the molecule is CCS(=O)(=O)N1CCCC(C(=O)N[C@H](C(=O)O)c2ccccc2)C1. The molecule has 1 aromatic carbocycles. The van der Waals surface area contributed by atoms with E-state index in [0.29, 0.717) is 24.9 Å². The number of carbonyl (C=O) groups is 2. The fourth-order valence-corrected chi connectivity index (χ4v) is 3.96. The number of sulfonamides is 1. The summed E-state index contributed by atoms with van der Waals surface area (Å²) in [7, 11) is -3.35.